The van der Waals surface area contributed by atoms with E-state index in [1.165, 1.54) is 38.5 Å². The molecule has 22 heavy (non-hydrogen) atoms. The molecule has 0 aromatic heterocycles. The van der Waals surface area contributed by atoms with E-state index in [1.54, 1.807) is 6.92 Å². The minimum atomic E-state index is 0.0606. The van der Waals surface area contributed by atoms with E-state index in [2.05, 4.69) is 25.0 Å². The Hall–Kier alpha value is -1.16. The normalized spacial score (nSPS) is 23.6. The first-order chi connectivity index (χ1) is 10.6. The third-order valence-electron chi connectivity index (χ3n) is 4.79. The molecule has 0 radical (unpaired) electrons. The first kappa shape index (κ1) is 18.9. The van der Waals surface area contributed by atoms with E-state index < -0.39 is 0 Å². The van der Waals surface area contributed by atoms with Gasteiger partial charge in [-0.1, -0.05) is 25.3 Å². The van der Waals surface area contributed by atoms with Gasteiger partial charge in [0.2, 0.25) is 5.91 Å². The molecule has 4 heteroatoms. The summed E-state index contributed by atoms with van der Waals surface area (Å²) in [5, 5.41) is 2.93. The van der Waals surface area contributed by atoms with Gasteiger partial charge in [0.1, 0.15) is 6.54 Å². The maximum Gasteiger partial charge on any atom is 0.217 e. The highest BCUT2D eigenvalue weighted by Crippen LogP contribution is 2.24. The number of quaternary nitrogens is 1. The third-order valence-corrected chi connectivity index (χ3v) is 4.79. The number of allylic oxidation sites excluding steroid dienone is 1. The molecule has 1 rings (SSSR count). The van der Waals surface area contributed by atoms with Crippen molar-refractivity contribution in [2.45, 2.75) is 65.0 Å². The number of nitrogens with zero attached hydrogens (tertiary/aromatic N) is 2. The Kier molecular flexibility index (Phi) is 9.05. The number of nitrogens with one attached hydrogen (secondary N) is 1. The van der Waals surface area contributed by atoms with Crippen molar-refractivity contribution in [1.82, 2.24) is 5.32 Å². The topological polar surface area (TPSA) is 41.5 Å². The average Bonchev–Trinajstić information content (AvgIpc) is 2.89. The van der Waals surface area contributed by atoms with E-state index in [0.29, 0.717) is 6.17 Å². The van der Waals surface area contributed by atoms with E-state index >= 15 is 0 Å². The van der Waals surface area contributed by atoms with Crippen LogP contribution in [0.2, 0.25) is 0 Å². The van der Waals surface area contributed by atoms with Gasteiger partial charge in [0.15, 0.2) is 6.17 Å². The van der Waals surface area contributed by atoms with Crippen LogP contribution in [0.4, 0.5) is 0 Å². The van der Waals surface area contributed by atoms with Crippen molar-refractivity contribution in [2.24, 2.45) is 4.99 Å². The van der Waals surface area contributed by atoms with Crippen LogP contribution in [0.15, 0.2) is 17.6 Å². The smallest absolute Gasteiger partial charge is 0.217 e. The highest BCUT2D eigenvalue weighted by Gasteiger charge is 2.37. The van der Waals surface area contributed by atoms with Gasteiger partial charge in [0.25, 0.3) is 0 Å². The molecule has 0 saturated carbocycles. The standard InChI is InChI=1S/C18H33N3O/c1-4-6-7-8-9-10-11-12-18-20-14-16-21(18,5-2)15-13-19-17(3)22/h4,14,18H,1,5-13,15-16H2,2-3H3/p+1. The summed E-state index contributed by atoms with van der Waals surface area (Å²) in [5.41, 5.74) is 0. The van der Waals surface area contributed by atoms with Crippen molar-refractivity contribution in [1.29, 1.82) is 0 Å². The van der Waals surface area contributed by atoms with Crippen molar-refractivity contribution in [3.8, 4) is 0 Å². The summed E-state index contributed by atoms with van der Waals surface area (Å²) >= 11 is 0. The molecular formula is C18H34N3O+. The van der Waals surface area contributed by atoms with E-state index in [-0.39, 0.29) is 5.91 Å². The number of hydrogen-bond acceptors (Lipinski definition) is 2. The maximum absolute atomic E-state index is 11.1. The Morgan fingerprint density at radius 3 is 2.77 bits per heavy atom. The van der Waals surface area contributed by atoms with Gasteiger partial charge in [0.05, 0.1) is 25.8 Å². The fraction of sp³-hybridized carbons (Fsp3) is 0.778. The van der Waals surface area contributed by atoms with Gasteiger partial charge in [-0.25, -0.2) is 4.99 Å². The molecule has 1 heterocycles. The highest BCUT2D eigenvalue weighted by molar-refractivity contribution is 5.72. The number of unbranched alkanes of at least 4 members (excludes halogenated alkanes) is 5. The van der Waals surface area contributed by atoms with Crippen molar-refractivity contribution in [3.05, 3.63) is 12.7 Å². The Balaban J connectivity index is 2.28. The average molecular weight is 308 g/mol. The molecule has 0 aromatic carbocycles. The molecule has 0 spiro atoms. The zero-order chi connectivity index (χ0) is 16.3. The van der Waals surface area contributed by atoms with Crippen molar-refractivity contribution >= 4 is 12.1 Å². The second-order valence-corrected chi connectivity index (χ2v) is 6.37. The summed E-state index contributed by atoms with van der Waals surface area (Å²) in [6.07, 6.45) is 13.3. The SMILES string of the molecule is C=CCCCCCCCC1N=CC[N+]1(CC)CCNC(C)=O. The van der Waals surface area contributed by atoms with E-state index in [9.17, 15) is 4.79 Å². The zero-order valence-corrected chi connectivity index (χ0v) is 14.5. The molecule has 1 amide bonds. The summed E-state index contributed by atoms with van der Waals surface area (Å²) in [7, 11) is 0. The molecule has 1 aliphatic heterocycles. The first-order valence-electron chi connectivity index (χ1n) is 8.87. The lowest BCUT2D eigenvalue weighted by Crippen LogP contribution is -2.55. The Morgan fingerprint density at radius 2 is 2.09 bits per heavy atom. The molecule has 1 aliphatic rings. The molecule has 0 bridgehead atoms. The number of aliphatic imine (C=N–C) groups is 1. The number of carbonyl (C=O) groups is 1. The van der Waals surface area contributed by atoms with Crippen LogP contribution in [-0.2, 0) is 4.79 Å². The molecule has 0 aromatic rings. The molecule has 2 atom stereocenters. The fourth-order valence-electron chi connectivity index (χ4n) is 3.28. The highest BCUT2D eigenvalue weighted by atomic mass is 16.1. The van der Waals surface area contributed by atoms with Gasteiger partial charge < -0.3 is 5.32 Å². The summed E-state index contributed by atoms with van der Waals surface area (Å²) < 4.78 is 1.01. The lowest BCUT2D eigenvalue weighted by Gasteiger charge is -2.38. The van der Waals surface area contributed by atoms with Crippen LogP contribution in [0.25, 0.3) is 0 Å². The largest absolute Gasteiger partial charge is 0.351 e. The van der Waals surface area contributed by atoms with Crippen LogP contribution in [-0.4, -0.2) is 48.9 Å². The maximum atomic E-state index is 11.1. The molecule has 0 fully saturated rings. The molecule has 0 saturated heterocycles. The van der Waals surface area contributed by atoms with Crippen molar-refractivity contribution < 1.29 is 9.28 Å². The molecular weight excluding hydrogens is 274 g/mol. The number of rotatable bonds is 12. The molecule has 126 valence electrons. The zero-order valence-electron chi connectivity index (χ0n) is 14.5. The van der Waals surface area contributed by atoms with Crippen LogP contribution < -0.4 is 5.32 Å². The van der Waals surface area contributed by atoms with E-state index in [4.69, 9.17) is 4.99 Å². The molecule has 4 nitrogen and oxygen atoms in total. The molecule has 1 N–H and O–H groups in total. The monoisotopic (exact) mass is 308 g/mol. The van der Waals surface area contributed by atoms with Gasteiger partial charge in [-0.15, -0.1) is 6.58 Å². The quantitative estimate of drug-likeness (QED) is 0.335. The van der Waals surface area contributed by atoms with Crippen molar-refractivity contribution in [3.63, 3.8) is 0 Å². The minimum Gasteiger partial charge on any atom is -0.351 e. The number of hydrogen-bond donors (Lipinski definition) is 1. The fourth-order valence-corrected chi connectivity index (χ4v) is 3.28. The summed E-state index contributed by atoms with van der Waals surface area (Å²) in [4.78, 5) is 15.8. The van der Waals surface area contributed by atoms with E-state index in [0.717, 1.165) is 37.1 Å². The lowest BCUT2D eigenvalue weighted by atomic mass is 10.1. The Labute approximate surface area is 136 Å². The van der Waals surface area contributed by atoms with Gasteiger partial charge in [-0.05, 0) is 26.2 Å². The van der Waals surface area contributed by atoms with Crippen molar-refractivity contribution in [2.75, 3.05) is 26.2 Å². The second kappa shape index (κ2) is 10.5. The molecule has 0 aliphatic carbocycles. The second-order valence-electron chi connectivity index (χ2n) is 6.37. The third kappa shape index (κ3) is 6.30. The first-order valence-corrected chi connectivity index (χ1v) is 8.87. The van der Waals surface area contributed by atoms with Gasteiger partial charge in [-0.3, -0.25) is 9.28 Å². The minimum absolute atomic E-state index is 0.0606. The van der Waals surface area contributed by atoms with Crippen LogP contribution in [0, 0.1) is 0 Å². The van der Waals surface area contributed by atoms with Crippen LogP contribution in [0.1, 0.15) is 58.8 Å². The van der Waals surface area contributed by atoms with Crippen LogP contribution >= 0.6 is 0 Å². The summed E-state index contributed by atoms with van der Waals surface area (Å²) in [6.45, 7) is 11.4. The Morgan fingerprint density at radius 1 is 1.36 bits per heavy atom. The summed E-state index contributed by atoms with van der Waals surface area (Å²) in [6, 6.07) is 0. The number of likely N-dealkylation sites (N-methyl/N-ethyl adjacent to an activating group) is 1. The number of amides is 1. The van der Waals surface area contributed by atoms with Gasteiger partial charge in [0, 0.05) is 13.3 Å². The van der Waals surface area contributed by atoms with Crippen LogP contribution in [0.5, 0.6) is 0 Å². The predicted octanol–water partition coefficient (Wildman–Crippen LogP) is 3.29. The summed E-state index contributed by atoms with van der Waals surface area (Å²) in [5.74, 6) is 0.0606. The van der Waals surface area contributed by atoms with Crippen LogP contribution in [0.3, 0.4) is 0 Å². The van der Waals surface area contributed by atoms with E-state index in [1.807, 2.05) is 6.08 Å². The lowest BCUT2D eigenvalue weighted by molar-refractivity contribution is -0.935. The number of carbonyl (C=O) groups excluding carboxylic acids is 1. The van der Waals surface area contributed by atoms with Gasteiger partial charge >= 0.3 is 0 Å². The predicted molar refractivity (Wildman–Crippen MR) is 94.0 cm³/mol. The Bertz CT molecular complexity index is 367. The molecule has 2 unspecified atom stereocenters. The van der Waals surface area contributed by atoms with Gasteiger partial charge in [-0.2, -0.15) is 0 Å².